The lowest BCUT2D eigenvalue weighted by Crippen LogP contribution is -1.93. The molecule has 4 heteroatoms. The first kappa shape index (κ1) is 12.0. The summed E-state index contributed by atoms with van der Waals surface area (Å²) in [5, 5.41) is 0. The van der Waals surface area contributed by atoms with Gasteiger partial charge in [0.25, 0.3) is 5.88 Å². The molecule has 0 fully saturated rings. The van der Waals surface area contributed by atoms with E-state index in [1.54, 1.807) is 0 Å². The topological polar surface area (TPSA) is 22.1 Å². The molecule has 0 aliphatic carbocycles. The van der Waals surface area contributed by atoms with Crippen LogP contribution in [0.5, 0.6) is 11.6 Å². The van der Waals surface area contributed by atoms with E-state index in [-0.39, 0.29) is 5.88 Å². The maximum absolute atomic E-state index is 13.4. The number of hydrogen-bond donors (Lipinski definition) is 0. The van der Waals surface area contributed by atoms with Crippen LogP contribution in [-0.4, -0.2) is 4.98 Å². The molecule has 2 rings (SSSR count). The van der Waals surface area contributed by atoms with E-state index >= 15 is 0 Å². The number of nitrogens with zero attached hydrogens (tertiary/aromatic N) is 1. The van der Waals surface area contributed by atoms with Crippen molar-refractivity contribution in [3.8, 4) is 11.6 Å². The lowest BCUT2D eigenvalue weighted by atomic mass is 10.1. The number of ether oxygens (including phenoxy) is 1. The highest BCUT2D eigenvalue weighted by Gasteiger charge is 2.08. The Morgan fingerprint density at radius 2 is 1.88 bits per heavy atom. The molecule has 0 aliphatic rings. The standard InChI is InChI=1S/C13H11BrFNO/c1-8-6-10(7-9(2)12(8)14)17-13-11(15)4-3-5-16-13/h3-7H,1-2H3. The van der Waals surface area contributed by atoms with Crippen LogP contribution in [0, 0.1) is 19.7 Å². The lowest BCUT2D eigenvalue weighted by Gasteiger charge is -2.09. The molecule has 2 nitrogen and oxygen atoms in total. The molecule has 1 aromatic carbocycles. The summed E-state index contributed by atoms with van der Waals surface area (Å²) in [5.41, 5.74) is 2.08. The fourth-order valence-corrected chi connectivity index (χ4v) is 1.75. The van der Waals surface area contributed by atoms with E-state index < -0.39 is 5.82 Å². The maximum atomic E-state index is 13.4. The second-order valence-electron chi connectivity index (χ2n) is 3.76. The van der Waals surface area contributed by atoms with Crippen LogP contribution in [0.4, 0.5) is 4.39 Å². The summed E-state index contributed by atoms with van der Waals surface area (Å²) in [6.07, 6.45) is 1.50. The van der Waals surface area contributed by atoms with Gasteiger partial charge in [0.05, 0.1) is 0 Å². The molecule has 0 atom stereocenters. The molecule has 0 radical (unpaired) electrons. The van der Waals surface area contributed by atoms with Crippen molar-refractivity contribution in [3.63, 3.8) is 0 Å². The number of aromatic nitrogens is 1. The minimum atomic E-state index is -0.467. The zero-order valence-electron chi connectivity index (χ0n) is 9.50. The van der Waals surface area contributed by atoms with E-state index in [1.807, 2.05) is 26.0 Å². The Bertz CT molecular complexity index is 534. The van der Waals surface area contributed by atoms with Crippen molar-refractivity contribution in [1.29, 1.82) is 0 Å². The number of aryl methyl sites for hydroxylation is 2. The molecule has 0 aliphatic heterocycles. The fraction of sp³-hybridized carbons (Fsp3) is 0.154. The second kappa shape index (κ2) is 4.84. The first-order valence-electron chi connectivity index (χ1n) is 5.13. The third-order valence-electron chi connectivity index (χ3n) is 2.35. The van der Waals surface area contributed by atoms with Crippen molar-refractivity contribution < 1.29 is 9.13 Å². The molecule has 0 bridgehead atoms. The van der Waals surface area contributed by atoms with Crippen LogP contribution in [-0.2, 0) is 0 Å². The van der Waals surface area contributed by atoms with Gasteiger partial charge >= 0.3 is 0 Å². The maximum Gasteiger partial charge on any atom is 0.255 e. The highest BCUT2D eigenvalue weighted by atomic mass is 79.9. The number of rotatable bonds is 2. The Kier molecular flexibility index (Phi) is 3.43. The Balaban J connectivity index is 2.34. The van der Waals surface area contributed by atoms with Gasteiger partial charge in [-0.2, -0.15) is 0 Å². The predicted octanol–water partition coefficient (Wildman–Crippen LogP) is 4.39. The summed E-state index contributed by atoms with van der Waals surface area (Å²) < 4.78 is 19.8. The van der Waals surface area contributed by atoms with E-state index in [0.717, 1.165) is 15.6 Å². The van der Waals surface area contributed by atoms with Gasteiger partial charge in [0.1, 0.15) is 5.75 Å². The van der Waals surface area contributed by atoms with Crippen molar-refractivity contribution in [1.82, 2.24) is 4.98 Å². The van der Waals surface area contributed by atoms with Crippen molar-refractivity contribution >= 4 is 15.9 Å². The minimum Gasteiger partial charge on any atom is -0.436 e. The molecule has 0 N–H and O–H groups in total. The Morgan fingerprint density at radius 3 is 2.47 bits per heavy atom. The lowest BCUT2D eigenvalue weighted by molar-refractivity contribution is 0.422. The van der Waals surface area contributed by atoms with Gasteiger partial charge < -0.3 is 4.74 Å². The van der Waals surface area contributed by atoms with Crippen LogP contribution in [0.2, 0.25) is 0 Å². The van der Waals surface area contributed by atoms with Gasteiger partial charge in [-0.15, -0.1) is 0 Å². The summed E-state index contributed by atoms with van der Waals surface area (Å²) in [4.78, 5) is 3.85. The Labute approximate surface area is 108 Å². The van der Waals surface area contributed by atoms with E-state index in [9.17, 15) is 4.39 Å². The molecule has 0 saturated heterocycles. The highest BCUT2D eigenvalue weighted by Crippen LogP contribution is 2.29. The van der Waals surface area contributed by atoms with Gasteiger partial charge in [0.15, 0.2) is 5.82 Å². The predicted molar refractivity (Wildman–Crippen MR) is 67.9 cm³/mol. The van der Waals surface area contributed by atoms with Gasteiger partial charge in [-0.25, -0.2) is 9.37 Å². The van der Waals surface area contributed by atoms with Crippen LogP contribution in [0.3, 0.4) is 0 Å². The molecule has 1 heterocycles. The zero-order chi connectivity index (χ0) is 12.4. The Morgan fingerprint density at radius 1 is 1.24 bits per heavy atom. The number of benzene rings is 1. The third-order valence-corrected chi connectivity index (χ3v) is 3.60. The Hall–Kier alpha value is -1.42. The minimum absolute atomic E-state index is 0.00591. The fourth-order valence-electron chi connectivity index (χ4n) is 1.52. The molecule has 0 unspecified atom stereocenters. The molecular formula is C13H11BrFNO. The van der Waals surface area contributed by atoms with Crippen molar-refractivity contribution in [2.24, 2.45) is 0 Å². The van der Waals surface area contributed by atoms with E-state index in [4.69, 9.17) is 4.74 Å². The average molecular weight is 296 g/mol. The van der Waals surface area contributed by atoms with Crippen molar-refractivity contribution in [2.45, 2.75) is 13.8 Å². The monoisotopic (exact) mass is 295 g/mol. The first-order chi connectivity index (χ1) is 8.08. The summed E-state index contributed by atoms with van der Waals surface area (Å²) in [7, 11) is 0. The van der Waals surface area contributed by atoms with Crippen LogP contribution in [0.25, 0.3) is 0 Å². The largest absolute Gasteiger partial charge is 0.436 e. The van der Waals surface area contributed by atoms with Gasteiger partial charge in [-0.1, -0.05) is 15.9 Å². The number of hydrogen-bond acceptors (Lipinski definition) is 2. The smallest absolute Gasteiger partial charge is 0.255 e. The second-order valence-corrected chi connectivity index (χ2v) is 4.56. The molecule has 88 valence electrons. The van der Waals surface area contributed by atoms with Crippen LogP contribution >= 0.6 is 15.9 Å². The molecule has 17 heavy (non-hydrogen) atoms. The highest BCUT2D eigenvalue weighted by molar-refractivity contribution is 9.10. The summed E-state index contributed by atoms with van der Waals surface area (Å²) >= 11 is 3.47. The normalized spacial score (nSPS) is 10.4. The van der Waals surface area contributed by atoms with Crippen LogP contribution in [0.1, 0.15) is 11.1 Å². The molecular weight excluding hydrogens is 285 g/mol. The van der Waals surface area contributed by atoms with Crippen molar-refractivity contribution in [3.05, 3.63) is 51.9 Å². The number of pyridine rings is 1. The van der Waals surface area contributed by atoms with Gasteiger partial charge in [-0.3, -0.25) is 0 Å². The molecule has 2 aromatic rings. The van der Waals surface area contributed by atoms with Gasteiger partial charge in [-0.05, 0) is 49.2 Å². The van der Waals surface area contributed by atoms with Gasteiger partial charge in [0.2, 0.25) is 0 Å². The average Bonchev–Trinajstić information content (AvgIpc) is 2.29. The first-order valence-corrected chi connectivity index (χ1v) is 5.92. The van der Waals surface area contributed by atoms with Crippen LogP contribution in [0.15, 0.2) is 34.9 Å². The van der Waals surface area contributed by atoms with Crippen molar-refractivity contribution in [2.75, 3.05) is 0 Å². The molecule has 0 spiro atoms. The van der Waals surface area contributed by atoms with Gasteiger partial charge in [0, 0.05) is 10.7 Å². The molecule has 0 amide bonds. The summed E-state index contributed by atoms with van der Waals surface area (Å²) in [6.45, 7) is 3.91. The zero-order valence-corrected chi connectivity index (χ0v) is 11.1. The van der Waals surface area contributed by atoms with E-state index in [0.29, 0.717) is 5.75 Å². The van der Waals surface area contributed by atoms with E-state index in [1.165, 1.54) is 18.3 Å². The third kappa shape index (κ3) is 2.64. The summed E-state index contributed by atoms with van der Waals surface area (Å²) in [6, 6.07) is 6.53. The van der Waals surface area contributed by atoms with Crippen LogP contribution < -0.4 is 4.74 Å². The van der Waals surface area contributed by atoms with E-state index in [2.05, 4.69) is 20.9 Å². The summed E-state index contributed by atoms with van der Waals surface area (Å²) in [5.74, 6) is 0.111. The quantitative estimate of drug-likeness (QED) is 0.820. The SMILES string of the molecule is Cc1cc(Oc2ncccc2F)cc(C)c1Br. The molecule has 1 aromatic heterocycles. The number of halogens is 2. The molecule has 0 saturated carbocycles.